The normalized spacial score (nSPS) is 17.1. The van der Waals surface area contributed by atoms with Crippen LogP contribution in [-0.4, -0.2) is 41.1 Å². The fraction of sp³-hybridized carbons (Fsp3) is 0.800. The van der Waals surface area contributed by atoms with E-state index in [0.717, 1.165) is 38.1 Å². The molecule has 0 aliphatic carbocycles. The highest BCUT2D eigenvalue weighted by Crippen LogP contribution is 2.19. The number of hydrogen-bond donors (Lipinski definition) is 1. The first kappa shape index (κ1) is 11.3. The average Bonchev–Trinajstić information content (AvgIpc) is 2.73. The largest absolute Gasteiger partial charge is 0.378 e. The molecule has 0 saturated carbocycles. The maximum Gasteiger partial charge on any atom is 0.227 e. The Balaban J connectivity index is 2.28. The third-order valence-electron chi connectivity index (χ3n) is 2.74. The van der Waals surface area contributed by atoms with E-state index in [9.17, 15) is 0 Å². The van der Waals surface area contributed by atoms with Gasteiger partial charge in [0, 0.05) is 19.1 Å². The lowest BCUT2D eigenvalue weighted by Gasteiger charge is -2.28. The van der Waals surface area contributed by atoms with Gasteiger partial charge in [0.1, 0.15) is 5.82 Å². The first-order valence-corrected chi connectivity index (χ1v) is 5.70. The molecule has 1 aliphatic heterocycles. The van der Waals surface area contributed by atoms with E-state index >= 15 is 0 Å². The predicted molar refractivity (Wildman–Crippen MR) is 61.3 cm³/mol. The summed E-state index contributed by atoms with van der Waals surface area (Å²) >= 11 is 0. The van der Waals surface area contributed by atoms with E-state index in [1.54, 1.807) is 0 Å². The SMILES string of the molecule is CC(C)n1c(CN)nnc1N1CCOCC1. The Morgan fingerprint density at radius 1 is 1.31 bits per heavy atom. The van der Waals surface area contributed by atoms with Crippen molar-refractivity contribution in [1.29, 1.82) is 0 Å². The van der Waals surface area contributed by atoms with Crippen molar-refractivity contribution in [2.75, 3.05) is 31.2 Å². The summed E-state index contributed by atoms with van der Waals surface area (Å²) in [5, 5.41) is 8.37. The van der Waals surface area contributed by atoms with E-state index in [1.165, 1.54) is 0 Å². The van der Waals surface area contributed by atoms with Gasteiger partial charge in [0.05, 0.1) is 19.8 Å². The number of rotatable bonds is 3. The molecule has 0 bridgehead atoms. The number of hydrogen-bond acceptors (Lipinski definition) is 5. The van der Waals surface area contributed by atoms with Crippen LogP contribution < -0.4 is 10.6 Å². The molecule has 6 heteroatoms. The van der Waals surface area contributed by atoms with Gasteiger partial charge >= 0.3 is 0 Å². The van der Waals surface area contributed by atoms with Gasteiger partial charge in [0.25, 0.3) is 0 Å². The molecule has 2 heterocycles. The van der Waals surface area contributed by atoms with E-state index < -0.39 is 0 Å². The molecule has 0 unspecified atom stereocenters. The third kappa shape index (κ3) is 2.03. The Bertz CT molecular complexity index is 343. The van der Waals surface area contributed by atoms with Crippen molar-refractivity contribution in [3.8, 4) is 0 Å². The number of morpholine rings is 1. The maximum absolute atomic E-state index is 5.66. The van der Waals surface area contributed by atoms with Gasteiger partial charge in [0.2, 0.25) is 5.95 Å². The van der Waals surface area contributed by atoms with Gasteiger partial charge in [-0.15, -0.1) is 10.2 Å². The van der Waals surface area contributed by atoms with Gasteiger partial charge in [-0.05, 0) is 13.8 Å². The molecule has 1 fully saturated rings. The summed E-state index contributed by atoms with van der Waals surface area (Å²) in [6.07, 6.45) is 0. The first-order chi connectivity index (χ1) is 7.74. The zero-order chi connectivity index (χ0) is 11.5. The van der Waals surface area contributed by atoms with Crippen LogP contribution in [0.25, 0.3) is 0 Å². The summed E-state index contributed by atoms with van der Waals surface area (Å²) in [5.41, 5.74) is 5.66. The van der Waals surface area contributed by atoms with Crippen molar-refractivity contribution >= 4 is 5.95 Å². The van der Waals surface area contributed by atoms with E-state index in [4.69, 9.17) is 10.5 Å². The molecule has 2 rings (SSSR count). The van der Waals surface area contributed by atoms with Crippen LogP contribution in [0.15, 0.2) is 0 Å². The molecule has 1 aromatic rings. The minimum Gasteiger partial charge on any atom is -0.378 e. The first-order valence-electron chi connectivity index (χ1n) is 5.70. The second-order valence-corrected chi connectivity index (χ2v) is 4.18. The van der Waals surface area contributed by atoms with Crippen LogP contribution in [0.3, 0.4) is 0 Å². The molecule has 90 valence electrons. The second kappa shape index (κ2) is 4.80. The van der Waals surface area contributed by atoms with Crippen molar-refractivity contribution in [3.05, 3.63) is 5.82 Å². The van der Waals surface area contributed by atoms with E-state index in [-0.39, 0.29) is 0 Å². The molecule has 0 radical (unpaired) electrons. The Morgan fingerprint density at radius 3 is 2.56 bits per heavy atom. The highest BCUT2D eigenvalue weighted by atomic mass is 16.5. The molecule has 1 aromatic heterocycles. The van der Waals surface area contributed by atoms with Crippen molar-refractivity contribution < 1.29 is 4.74 Å². The van der Waals surface area contributed by atoms with Crippen LogP contribution >= 0.6 is 0 Å². The molecule has 2 N–H and O–H groups in total. The number of aromatic nitrogens is 3. The number of nitrogens with two attached hydrogens (primary N) is 1. The van der Waals surface area contributed by atoms with Crippen LogP contribution in [0.4, 0.5) is 5.95 Å². The standard InChI is InChI=1S/C10H19N5O/c1-8(2)15-9(7-11)12-13-10(15)14-3-5-16-6-4-14/h8H,3-7,11H2,1-2H3. The molecular weight excluding hydrogens is 206 g/mol. The van der Waals surface area contributed by atoms with E-state index in [0.29, 0.717) is 12.6 Å². The van der Waals surface area contributed by atoms with Crippen LogP contribution in [-0.2, 0) is 11.3 Å². The van der Waals surface area contributed by atoms with E-state index in [1.807, 2.05) is 0 Å². The summed E-state index contributed by atoms with van der Waals surface area (Å²) in [7, 11) is 0. The lowest BCUT2D eigenvalue weighted by atomic mass is 10.3. The molecule has 1 aliphatic rings. The molecule has 6 nitrogen and oxygen atoms in total. The molecule has 16 heavy (non-hydrogen) atoms. The van der Waals surface area contributed by atoms with Gasteiger partial charge in [-0.25, -0.2) is 0 Å². The number of nitrogens with zero attached hydrogens (tertiary/aromatic N) is 4. The zero-order valence-corrected chi connectivity index (χ0v) is 9.89. The Morgan fingerprint density at radius 2 is 2.00 bits per heavy atom. The minimum atomic E-state index is 0.325. The van der Waals surface area contributed by atoms with Crippen LogP contribution in [0, 0.1) is 0 Å². The smallest absolute Gasteiger partial charge is 0.227 e. The van der Waals surface area contributed by atoms with Crippen molar-refractivity contribution in [2.45, 2.75) is 26.4 Å². The zero-order valence-electron chi connectivity index (χ0n) is 9.89. The van der Waals surface area contributed by atoms with Crippen molar-refractivity contribution in [2.24, 2.45) is 5.73 Å². The van der Waals surface area contributed by atoms with Gasteiger partial charge in [-0.3, -0.25) is 4.57 Å². The fourth-order valence-electron chi connectivity index (χ4n) is 1.96. The van der Waals surface area contributed by atoms with E-state index in [2.05, 4.69) is 33.5 Å². The molecule has 0 spiro atoms. The molecular formula is C10H19N5O. The average molecular weight is 225 g/mol. The molecule has 0 atom stereocenters. The monoisotopic (exact) mass is 225 g/mol. The highest BCUT2D eigenvalue weighted by Gasteiger charge is 2.20. The lowest BCUT2D eigenvalue weighted by molar-refractivity contribution is 0.121. The number of anilines is 1. The lowest BCUT2D eigenvalue weighted by Crippen LogP contribution is -2.38. The van der Waals surface area contributed by atoms with Gasteiger partial charge in [-0.1, -0.05) is 0 Å². The predicted octanol–water partition coefficient (Wildman–Crippen LogP) is 0.154. The van der Waals surface area contributed by atoms with Gasteiger partial charge < -0.3 is 15.4 Å². The molecule has 0 aromatic carbocycles. The summed E-state index contributed by atoms with van der Waals surface area (Å²) < 4.78 is 7.43. The van der Waals surface area contributed by atoms with Crippen molar-refractivity contribution in [3.63, 3.8) is 0 Å². The van der Waals surface area contributed by atoms with Crippen LogP contribution in [0.1, 0.15) is 25.7 Å². The van der Waals surface area contributed by atoms with Gasteiger partial charge in [0.15, 0.2) is 0 Å². The maximum atomic E-state index is 5.66. The van der Waals surface area contributed by atoms with Crippen molar-refractivity contribution in [1.82, 2.24) is 14.8 Å². The second-order valence-electron chi connectivity index (χ2n) is 4.18. The fourth-order valence-corrected chi connectivity index (χ4v) is 1.96. The Labute approximate surface area is 95.4 Å². The van der Waals surface area contributed by atoms with Gasteiger partial charge in [-0.2, -0.15) is 0 Å². The summed E-state index contributed by atoms with van der Waals surface area (Å²) in [5.74, 6) is 1.76. The summed E-state index contributed by atoms with van der Waals surface area (Å²) in [6.45, 7) is 7.91. The summed E-state index contributed by atoms with van der Waals surface area (Å²) in [4.78, 5) is 2.20. The molecule has 0 amide bonds. The van der Waals surface area contributed by atoms with Crippen LogP contribution in [0.5, 0.6) is 0 Å². The third-order valence-corrected chi connectivity index (χ3v) is 2.74. The Hall–Kier alpha value is -1.14. The minimum absolute atomic E-state index is 0.325. The quantitative estimate of drug-likeness (QED) is 0.793. The Kier molecular flexibility index (Phi) is 3.40. The number of ether oxygens (including phenoxy) is 1. The highest BCUT2D eigenvalue weighted by molar-refractivity contribution is 5.32. The topological polar surface area (TPSA) is 69.2 Å². The summed E-state index contributed by atoms with van der Waals surface area (Å²) in [6, 6.07) is 0.325. The molecule has 1 saturated heterocycles. The van der Waals surface area contributed by atoms with Crippen LogP contribution in [0.2, 0.25) is 0 Å².